The molecule has 1 heterocycles. The minimum atomic E-state index is -0.396. The Morgan fingerprint density at radius 2 is 2.15 bits per heavy atom. The highest BCUT2D eigenvalue weighted by atomic mass is 32.1. The molecular formula is C20H22FNO3S. The molecule has 6 heteroatoms. The average molecular weight is 375 g/mol. The predicted octanol–water partition coefficient (Wildman–Crippen LogP) is 4.47. The van der Waals surface area contributed by atoms with Gasteiger partial charge in [0.1, 0.15) is 11.6 Å². The average Bonchev–Trinajstić information content (AvgIpc) is 3.21. The number of halogens is 1. The van der Waals surface area contributed by atoms with Gasteiger partial charge in [-0.3, -0.25) is 9.59 Å². The molecule has 1 amide bonds. The predicted molar refractivity (Wildman–Crippen MR) is 99.3 cm³/mol. The van der Waals surface area contributed by atoms with Crippen LogP contribution in [0.2, 0.25) is 0 Å². The van der Waals surface area contributed by atoms with Gasteiger partial charge in [0.15, 0.2) is 12.4 Å². The Balaban J connectivity index is 1.70. The molecule has 2 aromatic rings. The summed E-state index contributed by atoms with van der Waals surface area (Å²) < 4.78 is 19.6. The fourth-order valence-corrected chi connectivity index (χ4v) is 4.29. The zero-order valence-electron chi connectivity index (χ0n) is 15.0. The van der Waals surface area contributed by atoms with Crippen molar-refractivity contribution < 1.29 is 18.7 Å². The summed E-state index contributed by atoms with van der Waals surface area (Å²) >= 11 is 1.59. The van der Waals surface area contributed by atoms with Crippen LogP contribution in [0.4, 0.5) is 4.39 Å². The highest BCUT2D eigenvalue weighted by molar-refractivity contribution is 7.10. The molecule has 26 heavy (non-hydrogen) atoms. The molecular weight excluding hydrogens is 353 g/mol. The maximum absolute atomic E-state index is 14.0. The number of amides is 1. The molecule has 0 spiro atoms. The maximum atomic E-state index is 14.0. The number of fused-ring (bicyclic) bond motifs is 1. The molecule has 0 bridgehead atoms. The van der Waals surface area contributed by atoms with E-state index in [0.717, 1.165) is 4.88 Å². The van der Waals surface area contributed by atoms with Crippen LogP contribution in [0.25, 0.3) is 0 Å². The Bertz CT molecular complexity index is 817. The molecule has 0 saturated heterocycles. The quantitative estimate of drug-likeness (QED) is 0.810. The van der Waals surface area contributed by atoms with Gasteiger partial charge < -0.3 is 10.1 Å². The van der Waals surface area contributed by atoms with Crippen molar-refractivity contribution in [3.63, 3.8) is 0 Å². The number of hydrogen-bond acceptors (Lipinski definition) is 4. The van der Waals surface area contributed by atoms with E-state index in [9.17, 15) is 14.0 Å². The van der Waals surface area contributed by atoms with Crippen molar-refractivity contribution in [3.05, 3.63) is 51.5 Å². The van der Waals surface area contributed by atoms with E-state index in [4.69, 9.17) is 4.74 Å². The van der Waals surface area contributed by atoms with Gasteiger partial charge in [-0.15, -0.1) is 11.3 Å². The molecule has 138 valence electrons. The minimum Gasteiger partial charge on any atom is -0.483 e. The second-order valence-corrected chi connectivity index (χ2v) is 7.94. The highest BCUT2D eigenvalue weighted by Gasteiger charge is 2.32. The lowest BCUT2D eigenvalue weighted by atomic mass is 10.0. The summed E-state index contributed by atoms with van der Waals surface area (Å²) in [6.45, 7) is 5.68. The fourth-order valence-electron chi connectivity index (χ4n) is 3.34. The van der Waals surface area contributed by atoms with Gasteiger partial charge in [-0.25, -0.2) is 4.39 Å². The molecule has 2 unspecified atom stereocenters. The molecule has 1 N–H and O–H groups in total. The topological polar surface area (TPSA) is 55.4 Å². The summed E-state index contributed by atoms with van der Waals surface area (Å²) in [4.78, 5) is 25.6. The lowest BCUT2D eigenvalue weighted by Gasteiger charge is -2.21. The van der Waals surface area contributed by atoms with Crippen molar-refractivity contribution in [3.8, 4) is 5.75 Å². The molecule has 1 aromatic carbocycles. The highest BCUT2D eigenvalue weighted by Crippen LogP contribution is 2.39. The van der Waals surface area contributed by atoms with Gasteiger partial charge in [-0.1, -0.05) is 26.8 Å². The van der Waals surface area contributed by atoms with Crippen molar-refractivity contribution in [2.75, 3.05) is 6.61 Å². The van der Waals surface area contributed by atoms with Gasteiger partial charge in [0.25, 0.3) is 5.91 Å². The first-order valence-corrected chi connectivity index (χ1v) is 9.57. The van der Waals surface area contributed by atoms with Gasteiger partial charge in [0.05, 0.1) is 11.6 Å². The van der Waals surface area contributed by atoms with E-state index >= 15 is 0 Å². The number of rotatable bonds is 6. The minimum absolute atomic E-state index is 0.0910. The van der Waals surface area contributed by atoms with Gasteiger partial charge in [-0.2, -0.15) is 0 Å². The number of benzene rings is 1. The van der Waals surface area contributed by atoms with Crippen LogP contribution in [-0.2, 0) is 4.79 Å². The number of thiophene rings is 1. The third-order valence-corrected chi connectivity index (χ3v) is 5.56. The summed E-state index contributed by atoms with van der Waals surface area (Å²) in [5.41, 5.74) is 0.676. The van der Waals surface area contributed by atoms with Crippen molar-refractivity contribution in [2.45, 2.75) is 39.2 Å². The first-order valence-electron chi connectivity index (χ1n) is 8.69. The van der Waals surface area contributed by atoms with Crippen LogP contribution in [0, 0.1) is 11.7 Å². The molecule has 4 nitrogen and oxygen atoms in total. The molecule has 0 aliphatic heterocycles. The molecule has 2 atom stereocenters. The number of ketones is 1. The van der Waals surface area contributed by atoms with E-state index in [1.54, 1.807) is 11.3 Å². The van der Waals surface area contributed by atoms with Crippen molar-refractivity contribution in [2.24, 2.45) is 5.92 Å². The number of ether oxygens (including phenoxy) is 1. The SMILES string of the molecule is CC1CC(=O)c2c(OCC(=O)NC(c3cccs3)C(C)C)ccc(F)c21. The van der Waals surface area contributed by atoms with Gasteiger partial charge in [0.2, 0.25) is 0 Å². The van der Waals surface area contributed by atoms with Crippen LogP contribution in [-0.4, -0.2) is 18.3 Å². The number of carbonyl (C=O) groups is 2. The summed E-state index contributed by atoms with van der Waals surface area (Å²) in [7, 11) is 0. The molecule has 0 saturated carbocycles. The van der Waals surface area contributed by atoms with Gasteiger partial charge in [0, 0.05) is 16.9 Å². The van der Waals surface area contributed by atoms with Gasteiger partial charge >= 0.3 is 0 Å². The summed E-state index contributed by atoms with van der Waals surface area (Å²) in [5, 5.41) is 4.95. The third-order valence-electron chi connectivity index (χ3n) is 4.61. The van der Waals surface area contributed by atoms with E-state index in [1.807, 2.05) is 38.3 Å². The Morgan fingerprint density at radius 3 is 2.81 bits per heavy atom. The number of carbonyl (C=O) groups excluding carboxylic acids is 2. The zero-order chi connectivity index (χ0) is 18.8. The van der Waals surface area contributed by atoms with Crippen LogP contribution in [0.5, 0.6) is 5.75 Å². The van der Waals surface area contributed by atoms with Crippen LogP contribution in [0.3, 0.4) is 0 Å². The van der Waals surface area contributed by atoms with Crippen molar-refractivity contribution >= 4 is 23.0 Å². The first kappa shape index (κ1) is 18.6. The van der Waals surface area contributed by atoms with Crippen LogP contribution in [0.1, 0.15) is 60.0 Å². The Hall–Kier alpha value is -2.21. The van der Waals surface area contributed by atoms with Crippen LogP contribution < -0.4 is 10.1 Å². The standard InChI is InChI=1S/C20H22FNO3S/c1-11(2)20(16-5-4-8-26-16)22-17(24)10-25-15-7-6-13(21)18-12(3)9-14(23)19(15)18/h4-8,11-12,20H,9-10H2,1-3H3,(H,22,24). The Labute approximate surface area is 156 Å². The Kier molecular flexibility index (Phi) is 5.41. The van der Waals surface area contributed by atoms with E-state index in [0.29, 0.717) is 5.56 Å². The second kappa shape index (κ2) is 7.58. The Morgan fingerprint density at radius 1 is 1.38 bits per heavy atom. The second-order valence-electron chi connectivity index (χ2n) is 6.96. The number of hydrogen-bond donors (Lipinski definition) is 1. The van der Waals surface area contributed by atoms with E-state index in [2.05, 4.69) is 5.32 Å². The summed E-state index contributed by atoms with van der Waals surface area (Å²) in [5.74, 6) is -0.459. The van der Waals surface area contributed by atoms with Gasteiger partial charge in [-0.05, 0) is 35.4 Å². The van der Waals surface area contributed by atoms with Crippen molar-refractivity contribution in [1.29, 1.82) is 0 Å². The lowest BCUT2D eigenvalue weighted by Crippen LogP contribution is -2.34. The molecule has 1 aromatic heterocycles. The first-order chi connectivity index (χ1) is 12.4. The van der Waals surface area contributed by atoms with E-state index in [1.165, 1.54) is 12.1 Å². The molecule has 1 aliphatic rings. The third kappa shape index (κ3) is 3.65. The largest absolute Gasteiger partial charge is 0.483 e. The lowest BCUT2D eigenvalue weighted by molar-refractivity contribution is -0.124. The molecule has 1 aliphatic carbocycles. The summed E-state index contributed by atoms with van der Waals surface area (Å²) in [6, 6.07) is 6.57. The number of nitrogens with one attached hydrogen (secondary N) is 1. The van der Waals surface area contributed by atoms with E-state index < -0.39 is 5.82 Å². The summed E-state index contributed by atoms with van der Waals surface area (Å²) in [6.07, 6.45) is 0.270. The molecule has 3 rings (SSSR count). The van der Waals surface area contributed by atoms with E-state index in [-0.39, 0.29) is 53.9 Å². The number of Topliss-reactive ketones (excluding diaryl/α,β-unsaturated/α-hetero) is 1. The molecule has 0 fully saturated rings. The molecule has 0 radical (unpaired) electrons. The van der Waals surface area contributed by atoms with Crippen LogP contribution in [0.15, 0.2) is 29.6 Å². The smallest absolute Gasteiger partial charge is 0.258 e. The zero-order valence-corrected chi connectivity index (χ0v) is 15.9. The normalized spacial score (nSPS) is 17.3. The van der Waals surface area contributed by atoms with Crippen molar-refractivity contribution in [1.82, 2.24) is 5.32 Å². The monoisotopic (exact) mass is 375 g/mol. The fraction of sp³-hybridized carbons (Fsp3) is 0.400. The maximum Gasteiger partial charge on any atom is 0.258 e. The van der Waals surface area contributed by atoms with Crippen LogP contribution >= 0.6 is 11.3 Å².